The van der Waals surface area contributed by atoms with Gasteiger partial charge in [0, 0.05) is 30.6 Å². The number of anilines is 1. The lowest BCUT2D eigenvalue weighted by molar-refractivity contribution is -0.116. The minimum atomic E-state index is -0.322. The van der Waals surface area contributed by atoms with Gasteiger partial charge in [-0.3, -0.25) is 9.79 Å². The van der Waals surface area contributed by atoms with Crippen LogP contribution < -0.4 is 20.7 Å². The lowest BCUT2D eigenvalue weighted by Gasteiger charge is -2.24. The SMILES string of the molecule is CCNC(=NCC1CC(=O)Nc2ccccc21)NCCOc1cccc(F)c1.I. The summed E-state index contributed by atoms with van der Waals surface area (Å²) in [5, 5.41) is 9.29. The second-order valence-electron chi connectivity index (χ2n) is 6.49. The molecule has 0 fully saturated rings. The van der Waals surface area contributed by atoms with Crippen LogP contribution in [0.1, 0.15) is 24.8 Å². The first-order valence-corrected chi connectivity index (χ1v) is 9.45. The summed E-state index contributed by atoms with van der Waals surface area (Å²) in [6.07, 6.45) is 0.419. The molecule has 0 saturated heterocycles. The molecule has 1 aliphatic rings. The van der Waals surface area contributed by atoms with Crippen LogP contribution in [0.2, 0.25) is 0 Å². The third kappa shape index (κ3) is 6.88. The molecule has 1 amide bonds. The number of guanidine groups is 1. The van der Waals surface area contributed by atoms with E-state index in [4.69, 9.17) is 4.74 Å². The quantitative estimate of drug-likeness (QED) is 0.230. The number of nitrogens with zero attached hydrogens (tertiary/aromatic N) is 1. The number of rotatable bonds is 7. The van der Waals surface area contributed by atoms with Crippen molar-refractivity contribution in [2.75, 3.05) is 31.6 Å². The highest BCUT2D eigenvalue weighted by Crippen LogP contribution is 2.31. The average Bonchev–Trinajstić information content (AvgIpc) is 2.69. The average molecular weight is 512 g/mol. The van der Waals surface area contributed by atoms with E-state index in [0.29, 0.717) is 37.8 Å². The Morgan fingerprint density at radius 3 is 2.86 bits per heavy atom. The van der Waals surface area contributed by atoms with Crippen molar-refractivity contribution in [2.24, 2.45) is 4.99 Å². The van der Waals surface area contributed by atoms with Gasteiger partial charge in [-0.25, -0.2) is 4.39 Å². The van der Waals surface area contributed by atoms with E-state index in [2.05, 4.69) is 20.9 Å². The number of hydrogen-bond acceptors (Lipinski definition) is 3. The molecule has 0 bridgehead atoms. The van der Waals surface area contributed by atoms with Gasteiger partial charge in [0.1, 0.15) is 18.2 Å². The summed E-state index contributed by atoms with van der Waals surface area (Å²) in [5.41, 5.74) is 1.97. The first-order chi connectivity index (χ1) is 13.7. The molecule has 0 aromatic heterocycles. The monoisotopic (exact) mass is 512 g/mol. The lowest BCUT2D eigenvalue weighted by Crippen LogP contribution is -2.39. The van der Waals surface area contributed by atoms with Crippen LogP contribution in [0.15, 0.2) is 53.5 Å². The Morgan fingerprint density at radius 1 is 1.24 bits per heavy atom. The van der Waals surface area contributed by atoms with Gasteiger partial charge in [0.25, 0.3) is 0 Å². The van der Waals surface area contributed by atoms with E-state index in [1.165, 1.54) is 12.1 Å². The third-order valence-electron chi connectivity index (χ3n) is 4.38. The molecule has 156 valence electrons. The largest absolute Gasteiger partial charge is 0.492 e. The zero-order valence-corrected chi connectivity index (χ0v) is 18.6. The number of ether oxygens (including phenoxy) is 1. The van der Waals surface area contributed by atoms with E-state index in [-0.39, 0.29) is 41.6 Å². The molecule has 8 heteroatoms. The Labute approximate surface area is 187 Å². The summed E-state index contributed by atoms with van der Waals surface area (Å²) in [5.74, 6) is 0.892. The van der Waals surface area contributed by atoms with Crippen LogP contribution in [0.5, 0.6) is 5.75 Å². The highest BCUT2D eigenvalue weighted by atomic mass is 127. The second-order valence-corrected chi connectivity index (χ2v) is 6.49. The van der Waals surface area contributed by atoms with Crippen LogP contribution in [0, 0.1) is 5.82 Å². The summed E-state index contributed by atoms with van der Waals surface area (Å²) in [4.78, 5) is 16.6. The maximum Gasteiger partial charge on any atom is 0.225 e. The molecule has 0 aliphatic carbocycles. The van der Waals surface area contributed by atoms with Crippen molar-refractivity contribution in [3.05, 3.63) is 59.9 Å². The number of para-hydroxylation sites is 1. The predicted molar refractivity (Wildman–Crippen MR) is 124 cm³/mol. The first kappa shape index (κ1) is 22.9. The van der Waals surface area contributed by atoms with Gasteiger partial charge >= 0.3 is 0 Å². The number of carbonyl (C=O) groups is 1. The Hall–Kier alpha value is -2.36. The molecule has 0 saturated carbocycles. The van der Waals surface area contributed by atoms with Gasteiger partial charge in [-0.05, 0) is 30.7 Å². The molecule has 3 N–H and O–H groups in total. The van der Waals surface area contributed by atoms with Crippen molar-refractivity contribution in [3.63, 3.8) is 0 Å². The minimum Gasteiger partial charge on any atom is -0.492 e. The third-order valence-corrected chi connectivity index (χ3v) is 4.38. The van der Waals surface area contributed by atoms with E-state index in [0.717, 1.165) is 17.8 Å². The molecule has 2 aromatic rings. The van der Waals surface area contributed by atoms with Gasteiger partial charge in [0.2, 0.25) is 5.91 Å². The highest BCUT2D eigenvalue weighted by Gasteiger charge is 2.24. The van der Waals surface area contributed by atoms with Gasteiger partial charge in [-0.2, -0.15) is 0 Å². The first-order valence-electron chi connectivity index (χ1n) is 9.45. The van der Waals surface area contributed by atoms with Gasteiger partial charge in [0.05, 0.1) is 13.1 Å². The van der Waals surface area contributed by atoms with E-state index in [1.54, 1.807) is 12.1 Å². The summed E-state index contributed by atoms with van der Waals surface area (Å²) < 4.78 is 18.7. The number of halogens is 2. The summed E-state index contributed by atoms with van der Waals surface area (Å²) in [6, 6.07) is 13.9. The fourth-order valence-corrected chi connectivity index (χ4v) is 3.10. The molecule has 29 heavy (non-hydrogen) atoms. The van der Waals surface area contributed by atoms with Gasteiger partial charge in [-0.15, -0.1) is 24.0 Å². The molecule has 3 rings (SSSR count). The Kier molecular flexibility index (Phi) is 9.17. The van der Waals surface area contributed by atoms with Gasteiger partial charge in [-0.1, -0.05) is 24.3 Å². The Bertz CT molecular complexity index is 847. The molecular weight excluding hydrogens is 486 g/mol. The van der Waals surface area contributed by atoms with Gasteiger partial charge in [0.15, 0.2) is 5.96 Å². The standard InChI is InChI=1S/C21H25FN4O2.HI/c1-2-23-21(24-10-11-28-17-7-5-6-16(22)13-17)25-14-15-12-20(27)26-19-9-4-3-8-18(15)19;/h3-9,13,15H,2,10-12,14H2,1H3,(H,26,27)(H2,23,24,25);1H. The van der Waals surface area contributed by atoms with Crippen molar-refractivity contribution in [1.82, 2.24) is 10.6 Å². The molecule has 0 spiro atoms. The molecule has 0 radical (unpaired) electrons. The molecule has 1 heterocycles. The Balaban J connectivity index is 0.00000300. The fraction of sp³-hybridized carbons (Fsp3) is 0.333. The van der Waals surface area contributed by atoms with Crippen molar-refractivity contribution < 1.29 is 13.9 Å². The fourth-order valence-electron chi connectivity index (χ4n) is 3.10. The topological polar surface area (TPSA) is 74.8 Å². The van der Waals surface area contributed by atoms with Crippen molar-refractivity contribution in [2.45, 2.75) is 19.3 Å². The molecule has 1 atom stereocenters. The van der Waals surface area contributed by atoms with Crippen LogP contribution in [-0.4, -0.2) is 38.1 Å². The number of hydrogen-bond donors (Lipinski definition) is 3. The molecular formula is C21H26FIN4O2. The zero-order valence-electron chi connectivity index (χ0n) is 16.3. The molecule has 2 aromatic carbocycles. The van der Waals surface area contributed by atoms with Crippen LogP contribution >= 0.6 is 24.0 Å². The van der Waals surface area contributed by atoms with Crippen LogP contribution in [0.4, 0.5) is 10.1 Å². The van der Waals surface area contributed by atoms with E-state index in [9.17, 15) is 9.18 Å². The van der Waals surface area contributed by atoms with Crippen LogP contribution in [-0.2, 0) is 4.79 Å². The molecule has 6 nitrogen and oxygen atoms in total. The van der Waals surface area contributed by atoms with Crippen LogP contribution in [0.3, 0.4) is 0 Å². The maximum atomic E-state index is 13.2. The lowest BCUT2D eigenvalue weighted by atomic mass is 9.91. The van der Waals surface area contributed by atoms with E-state index >= 15 is 0 Å². The minimum absolute atomic E-state index is 0. The van der Waals surface area contributed by atoms with Crippen molar-refractivity contribution in [1.29, 1.82) is 0 Å². The van der Waals surface area contributed by atoms with Crippen molar-refractivity contribution in [3.8, 4) is 5.75 Å². The molecule has 1 unspecified atom stereocenters. The van der Waals surface area contributed by atoms with Crippen molar-refractivity contribution >= 4 is 41.5 Å². The Morgan fingerprint density at radius 2 is 2.07 bits per heavy atom. The summed E-state index contributed by atoms with van der Waals surface area (Å²) >= 11 is 0. The zero-order chi connectivity index (χ0) is 19.8. The summed E-state index contributed by atoms with van der Waals surface area (Å²) in [6.45, 7) is 4.11. The predicted octanol–water partition coefficient (Wildman–Crippen LogP) is 3.50. The smallest absolute Gasteiger partial charge is 0.225 e. The number of benzene rings is 2. The summed E-state index contributed by atoms with van der Waals surface area (Å²) in [7, 11) is 0. The van der Waals surface area contributed by atoms with E-state index < -0.39 is 0 Å². The highest BCUT2D eigenvalue weighted by molar-refractivity contribution is 14.0. The number of aliphatic imine (C=N–C) groups is 1. The second kappa shape index (κ2) is 11.6. The number of nitrogens with one attached hydrogen (secondary N) is 3. The van der Waals surface area contributed by atoms with Gasteiger partial charge < -0.3 is 20.7 Å². The number of fused-ring (bicyclic) bond motifs is 1. The van der Waals surface area contributed by atoms with Crippen LogP contribution in [0.25, 0.3) is 0 Å². The number of amides is 1. The normalized spacial score (nSPS) is 15.6. The maximum absolute atomic E-state index is 13.2. The number of carbonyl (C=O) groups excluding carboxylic acids is 1. The molecule has 1 aliphatic heterocycles. The van der Waals surface area contributed by atoms with E-state index in [1.807, 2.05) is 31.2 Å².